The number of hydrogen-bond acceptors (Lipinski definition) is 3. The van der Waals surface area contributed by atoms with Gasteiger partial charge in [0.15, 0.2) is 0 Å². The third-order valence-electron chi connectivity index (χ3n) is 4.24. The minimum absolute atomic E-state index is 0.113. The molecule has 3 aromatic rings. The summed E-state index contributed by atoms with van der Waals surface area (Å²) in [5, 5.41) is 9.75. The summed E-state index contributed by atoms with van der Waals surface area (Å²) in [6.45, 7) is 5.77. The SMILES string of the molecule is CC.Cc1ccc(-c2[nH]ncc2C(=O)NC(CC(N)=O)c2cccc(Cl)c2)c(F)c1. The Labute approximate surface area is 179 Å². The Kier molecular flexibility index (Phi) is 8.12. The standard InChI is InChI=1S/C20H18ClFN4O2.C2H6/c1-11-5-6-14(16(22)7-11)19-15(10-24-26-19)20(28)25-17(9-18(23)27)12-3-2-4-13(21)8-12;1-2/h2-8,10,17H,9H2,1H3,(H2,23,27)(H,24,26)(H,25,28);1-2H3. The molecule has 0 fully saturated rings. The van der Waals surface area contributed by atoms with E-state index in [1.54, 1.807) is 43.3 Å². The number of carbonyl (C=O) groups is 2. The summed E-state index contributed by atoms with van der Waals surface area (Å²) in [4.78, 5) is 24.3. The number of halogens is 2. The lowest BCUT2D eigenvalue weighted by molar-refractivity contribution is -0.118. The number of aryl methyl sites for hydroxylation is 1. The molecule has 0 radical (unpaired) electrons. The quantitative estimate of drug-likeness (QED) is 0.534. The predicted octanol–water partition coefficient (Wildman–Crippen LogP) is 4.55. The van der Waals surface area contributed by atoms with Gasteiger partial charge in [0, 0.05) is 10.6 Å². The van der Waals surface area contributed by atoms with Crippen LogP contribution in [0.15, 0.2) is 48.7 Å². The van der Waals surface area contributed by atoms with Gasteiger partial charge >= 0.3 is 0 Å². The second kappa shape index (κ2) is 10.5. The number of aromatic amines is 1. The van der Waals surface area contributed by atoms with Gasteiger partial charge in [-0.3, -0.25) is 14.7 Å². The Bertz CT molecular complexity index is 1040. The van der Waals surface area contributed by atoms with E-state index in [0.29, 0.717) is 10.6 Å². The summed E-state index contributed by atoms with van der Waals surface area (Å²) < 4.78 is 14.3. The fourth-order valence-corrected chi connectivity index (χ4v) is 3.10. The van der Waals surface area contributed by atoms with E-state index in [9.17, 15) is 14.0 Å². The lowest BCUT2D eigenvalue weighted by Gasteiger charge is -2.18. The van der Waals surface area contributed by atoms with Crippen LogP contribution < -0.4 is 11.1 Å². The van der Waals surface area contributed by atoms with Gasteiger partial charge < -0.3 is 11.1 Å². The predicted molar refractivity (Wildman–Crippen MR) is 116 cm³/mol. The number of carbonyl (C=O) groups excluding carboxylic acids is 2. The van der Waals surface area contributed by atoms with Crippen molar-refractivity contribution >= 4 is 23.4 Å². The van der Waals surface area contributed by atoms with Crippen LogP contribution in [0.5, 0.6) is 0 Å². The first kappa shape index (κ1) is 23.1. The summed E-state index contributed by atoms with van der Waals surface area (Å²) in [6.07, 6.45) is 1.20. The Morgan fingerprint density at radius 1 is 1.23 bits per heavy atom. The van der Waals surface area contributed by atoms with E-state index < -0.39 is 23.7 Å². The van der Waals surface area contributed by atoms with Crippen LogP contribution in [0, 0.1) is 12.7 Å². The molecular formula is C22H24ClFN4O2. The molecule has 8 heteroatoms. The van der Waals surface area contributed by atoms with E-state index in [2.05, 4.69) is 15.5 Å². The third-order valence-corrected chi connectivity index (χ3v) is 4.47. The maximum atomic E-state index is 14.3. The fraction of sp³-hybridized carbons (Fsp3) is 0.227. The maximum absolute atomic E-state index is 14.3. The van der Waals surface area contributed by atoms with Crippen molar-refractivity contribution in [3.8, 4) is 11.3 Å². The van der Waals surface area contributed by atoms with Crippen molar-refractivity contribution < 1.29 is 14.0 Å². The van der Waals surface area contributed by atoms with E-state index >= 15 is 0 Å². The highest BCUT2D eigenvalue weighted by Crippen LogP contribution is 2.26. The second-order valence-corrected chi connectivity index (χ2v) is 6.83. The van der Waals surface area contributed by atoms with Gasteiger partial charge in [-0.25, -0.2) is 4.39 Å². The normalized spacial score (nSPS) is 11.2. The van der Waals surface area contributed by atoms with E-state index in [1.807, 2.05) is 13.8 Å². The highest BCUT2D eigenvalue weighted by atomic mass is 35.5. The Balaban J connectivity index is 0.00000155. The molecule has 1 unspecified atom stereocenters. The molecule has 6 nitrogen and oxygen atoms in total. The van der Waals surface area contributed by atoms with Crippen LogP contribution >= 0.6 is 11.6 Å². The van der Waals surface area contributed by atoms with Gasteiger partial charge in [-0.05, 0) is 42.3 Å². The second-order valence-electron chi connectivity index (χ2n) is 6.39. The number of benzene rings is 2. The topological polar surface area (TPSA) is 101 Å². The molecule has 0 saturated carbocycles. The Morgan fingerprint density at radius 2 is 1.97 bits per heavy atom. The van der Waals surface area contributed by atoms with Crippen LogP contribution in [0.4, 0.5) is 4.39 Å². The molecule has 1 atom stereocenters. The summed E-state index contributed by atoms with van der Waals surface area (Å²) in [6, 6.07) is 10.8. The van der Waals surface area contributed by atoms with Crippen LogP contribution in [0.3, 0.4) is 0 Å². The molecule has 2 amide bonds. The summed E-state index contributed by atoms with van der Waals surface area (Å²) >= 11 is 6.01. The highest BCUT2D eigenvalue weighted by Gasteiger charge is 2.23. The number of primary amides is 1. The summed E-state index contributed by atoms with van der Waals surface area (Å²) in [5.41, 5.74) is 7.34. The maximum Gasteiger partial charge on any atom is 0.255 e. The van der Waals surface area contributed by atoms with Crippen LogP contribution in [-0.2, 0) is 4.79 Å². The minimum Gasteiger partial charge on any atom is -0.370 e. The number of nitrogens with one attached hydrogen (secondary N) is 2. The molecule has 1 heterocycles. The van der Waals surface area contributed by atoms with E-state index in [-0.39, 0.29) is 23.2 Å². The number of nitrogens with two attached hydrogens (primary N) is 1. The first-order valence-electron chi connectivity index (χ1n) is 9.49. The van der Waals surface area contributed by atoms with Crippen molar-refractivity contribution in [1.82, 2.24) is 15.5 Å². The van der Waals surface area contributed by atoms with E-state index in [4.69, 9.17) is 17.3 Å². The third kappa shape index (κ3) is 5.67. The van der Waals surface area contributed by atoms with E-state index in [0.717, 1.165) is 5.56 Å². The Hall–Kier alpha value is -3.19. The molecule has 0 saturated heterocycles. The lowest BCUT2D eigenvalue weighted by Crippen LogP contribution is -2.32. The zero-order chi connectivity index (χ0) is 22.3. The molecule has 0 aliphatic heterocycles. The average Bonchev–Trinajstić information content (AvgIpc) is 3.18. The molecule has 0 bridgehead atoms. The summed E-state index contributed by atoms with van der Waals surface area (Å²) in [7, 11) is 0. The molecule has 158 valence electrons. The van der Waals surface area contributed by atoms with Crippen molar-refractivity contribution in [2.45, 2.75) is 33.2 Å². The summed E-state index contributed by atoms with van der Waals surface area (Å²) in [5.74, 6) is -1.57. The van der Waals surface area contributed by atoms with Gasteiger partial charge in [0.05, 0.1) is 29.9 Å². The number of rotatable bonds is 6. The molecular weight excluding hydrogens is 407 g/mol. The van der Waals surface area contributed by atoms with Gasteiger partial charge in [0.1, 0.15) is 5.82 Å². The zero-order valence-electron chi connectivity index (χ0n) is 17.0. The molecule has 4 N–H and O–H groups in total. The number of hydrogen-bond donors (Lipinski definition) is 3. The van der Waals surface area contributed by atoms with Gasteiger partial charge in [-0.15, -0.1) is 0 Å². The van der Waals surface area contributed by atoms with Gasteiger partial charge in [0.2, 0.25) is 5.91 Å². The zero-order valence-corrected chi connectivity index (χ0v) is 17.8. The lowest BCUT2D eigenvalue weighted by atomic mass is 10.0. The van der Waals surface area contributed by atoms with Crippen LogP contribution in [-0.4, -0.2) is 22.0 Å². The fourth-order valence-electron chi connectivity index (χ4n) is 2.90. The average molecular weight is 431 g/mol. The highest BCUT2D eigenvalue weighted by molar-refractivity contribution is 6.30. The minimum atomic E-state index is -0.686. The van der Waals surface area contributed by atoms with Gasteiger partial charge in [-0.1, -0.05) is 43.6 Å². The number of amides is 2. The van der Waals surface area contributed by atoms with Crippen LogP contribution in [0.25, 0.3) is 11.3 Å². The largest absolute Gasteiger partial charge is 0.370 e. The van der Waals surface area contributed by atoms with Crippen molar-refractivity contribution in [2.24, 2.45) is 5.73 Å². The van der Waals surface area contributed by atoms with Crippen LogP contribution in [0.2, 0.25) is 5.02 Å². The molecule has 0 aliphatic carbocycles. The van der Waals surface area contributed by atoms with Gasteiger partial charge in [0.25, 0.3) is 5.91 Å². The first-order chi connectivity index (χ1) is 14.3. The van der Waals surface area contributed by atoms with Crippen molar-refractivity contribution in [3.05, 3.63) is 76.2 Å². The monoisotopic (exact) mass is 430 g/mol. The van der Waals surface area contributed by atoms with Crippen molar-refractivity contribution in [2.75, 3.05) is 0 Å². The Morgan fingerprint density at radius 3 is 2.60 bits per heavy atom. The van der Waals surface area contributed by atoms with Crippen molar-refractivity contribution in [1.29, 1.82) is 0 Å². The number of H-pyrrole nitrogens is 1. The van der Waals surface area contributed by atoms with Gasteiger partial charge in [-0.2, -0.15) is 5.10 Å². The molecule has 3 rings (SSSR count). The van der Waals surface area contributed by atoms with Crippen molar-refractivity contribution in [3.63, 3.8) is 0 Å². The molecule has 2 aromatic carbocycles. The molecule has 0 spiro atoms. The number of nitrogens with zero attached hydrogens (tertiary/aromatic N) is 1. The van der Waals surface area contributed by atoms with E-state index in [1.165, 1.54) is 12.3 Å². The van der Waals surface area contributed by atoms with Crippen LogP contribution in [0.1, 0.15) is 47.8 Å². The first-order valence-corrected chi connectivity index (χ1v) is 9.87. The molecule has 0 aliphatic rings. The molecule has 1 aromatic heterocycles. The molecule has 30 heavy (non-hydrogen) atoms. The smallest absolute Gasteiger partial charge is 0.255 e. The number of aromatic nitrogens is 2.